The number of alkyl halides is 1. The van der Waals surface area contributed by atoms with Crippen LogP contribution in [0.2, 0.25) is 19.1 Å². The van der Waals surface area contributed by atoms with Gasteiger partial charge in [0.05, 0.1) is 13.6 Å². The number of halogens is 1. The van der Waals surface area contributed by atoms with Gasteiger partial charge in [-0.1, -0.05) is 30.4 Å². The first-order valence-corrected chi connectivity index (χ1v) is 9.52. The maximum atomic E-state index is 10.9. The molecule has 0 radical (unpaired) electrons. The SMILES string of the molecule is Cc1cc([Si](C)(C)CCCCl)cc(C=O)c1O. The predicted octanol–water partition coefficient (Wildman–Crippen LogP) is 3.06. The van der Waals surface area contributed by atoms with Crippen LogP contribution in [0, 0.1) is 6.92 Å². The molecular weight excluding hydrogens is 252 g/mol. The number of carbonyl (C=O) groups excluding carboxylic acids is 1. The number of rotatable bonds is 5. The Labute approximate surface area is 109 Å². The monoisotopic (exact) mass is 270 g/mol. The molecule has 4 heteroatoms. The van der Waals surface area contributed by atoms with Crippen LogP contribution in [-0.4, -0.2) is 25.3 Å². The van der Waals surface area contributed by atoms with Crippen LogP contribution in [0.15, 0.2) is 12.1 Å². The van der Waals surface area contributed by atoms with Gasteiger partial charge in [-0.2, -0.15) is 0 Å². The van der Waals surface area contributed by atoms with Crippen LogP contribution in [0.5, 0.6) is 5.75 Å². The van der Waals surface area contributed by atoms with E-state index in [0.717, 1.165) is 24.3 Å². The second-order valence-electron chi connectivity index (χ2n) is 5.03. The summed E-state index contributed by atoms with van der Waals surface area (Å²) in [5, 5.41) is 10.9. The van der Waals surface area contributed by atoms with Gasteiger partial charge in [0, 0.05) is 5.88 Å². The van der Waals surface area contributed by atoms with E-state index in [1.165, 1.54) is 5.19 Å². The molecule has 0 aromatic heterocycles. The standard InChI is InChI=1S/C13H19ClO2Si/c1-10-7-12(8-11(9-15)13(10)16)17(2,3)6-4-5-14/h7-9,16H,4-6H2,1-3H3. The molecule has 0 atom stereocenters. The van der Waals surface area contributed by atoms with Crippen molar-refractivity contribution in [2.75, 3.05) is 5.88 Å². The zero-order chi connectivity index (χ0) is 13.1. The summed E-state index contributed by atoms with van der Waals surface area (Å²) in [5.41, 5.74) is 1.17. The topological polar surface area (TPSA) is 37.3 Å². The molecular formula is C13H19ClO2Si. The van der Waals surface area contributed by atoms with Crippen molar-refractivity contribution < 1.29 is 9.90 Å². The maximum absolute atomic E-state index is 10.9. The highest BCUT2D eigenvalue weighted by Gasteiger charge is 2.24. The third-order valence-corrected chi connectivity index (χ3v) is 6.90. The van der Waals surface area contributed by atoms with E-state index in [-0.39, 0.29) is 5.75 Å². The normalized spacial score (nSPS) is 11.5. The zero-order valence-corrected chi connectivity index (χ0v) is 12.3. The van der Waals surface area contributed by atoms with Crippen LogP contribution >= 0.6 is 11.6 Å². The Morgan fingerprint density at radius 3 is 2.59 bits per heavy atom. The third kappa shape index (κ3) is 3.33. The van der Waals surface area contributed by atoms with Gasteiger partial charge in [-0.3, -0.25) is 4.79 Å². The van der Waals surface area contributed by atoms with Gasteiger partial charge in [0.15, 0.2) is 6.29 Å². The van der Waals surface area contributed by atoms with E-state index < -0.39 is 8.07 Å². The van der Waals surface area contributed by atoms with E-state index in [1.54, 1.807) is 0 Å². The molecule has 0 saturated carbocycles. The number of aldehydes is 1. The van der Waals surface area contributed by atoms with Gasteiger partial charge in [-0.25, -0.2) is 0 Å². The van der Waals surface area contributed by atoms with Crippen LogP contribution in [-0.2, 0) is 0 Å². The van der Waals surface area contributed by atoms with E-state index in [9.17, 15) is 9.90 Å². The number of phenols is 1. The van der Waals surface area contributed by atoms with E-state index in [1.807, 2.05) is 19.1 Å². The van der Waals surface area contributed by atoms with Crippen LogP contribution in [0.25, 0.3) is 0 Å². The summed E-state index contributed by atoms with van der Waals surface area (Å²) in [6, 6.07) is 4.93. The number of hydrogen-bond acceptors (Lipinski definition) is 2. The Hall–Kier alpha value is -0.803. The Balaban J connectivity index is 3.13. The molecule has 0 bridgehead atoms. The molecule has 0 amide bonds. The Morgan fingerprint density at radius 1 is 1.41 bits per heavy atom. The summed E-state index contributed by atoms with van der Waals surface area (Å²) in [6.45, 7) is 6.36. The highest BCUT2D eigenvalue weighted by molar-refractivity contribution is 6.89. The lowest BCUT2D eigenvalue weighted by Crippen LogP contribution is -2.41. The maximum Gasteiger partial charge on any atom is 0.153 e. The van der Waals surface area contributed by atoms with Gasteiger partial charge < -0.3 is 5.11 Å². The molecule has 17 heavy (non-hydrogen) atoms. The average molecular weight is 271 g/mol. The van der Waals surface area contributed by atoms with Crippen molar-refractivity contribution in [3.05, 3.63) is 23.3 Å². The number of hydrogen-bond donors (Lipinski definition) is 1. The molecule has 1 N–H and O–H groups in total. The van der Waals surface area contributed by atoms with Gasteiger partial charge in [0.2, 0.25) is 0 Å². The molecule has 0 aliphatic rings. The molecule has 1 aromatic rings. The number of phenolic OH excluding ortho intramolecular Hbond substituents is 1. The number of aryl methyl sites for hydroxylation is 1. The van der Waals surface area contributed by atoms with Crippen LogP contribution in [0.4, 0.5) is 0 Å². The van der Waals surface area contributed by atoms with Crippen LogP contribution in [0.3, 0.4) is 0 Å². The van der Waals surface area contributed by atoms with Crippen molar-refractivity contribution in [1.29, 1.82) is 0 Å². The van der Waals surface area contributed by atoms with Crippen molar-refractivity contribution in [3.8, 4) is 5.75 Å². The van der Waals surface area contributed by atoms with Crippen molar-refractivity contribution in [2.45, 2.75) is 32.5 Å². The van der Waals surface area contributed by atoms with Crippen LogP contribution in [0.1, 0.15) is 22.3 Å². The smallest absolute Gasteiger partial charge is 0.153 e. The number of aromatic hydroxyl groups is 1. The summed E-state index contributed by atoms with van der Waals surface area (Å²) in [7, 11) is -1.56. The van der Waals surface area contributed by atoms with E-state index in [2.05, 4.69) is 13.1 Å². The first kappa shape index (κ1) is 14.3. The fourth-order valence-electron chi connectivity index (χ4n) is 1.94. The van der Waals surface area contributed by atoms with Gasteiger partial charge in [0.25, 0.3) is 0 Å². The lowest BCUT2D eigenvalue weighted by atomic mass is 10.1. The number of benzene rings is 1. The fraction of sp³-hybridized carbons (Fsp3) is 0.462. The molecule has 1 rings (SSSR count). The van der Waals surface area contributed by atoms with Crippen molar-refractivity contribution in [3.63, 3.8) is 0 Å². The summed E-state index contributed by atoms with van der Waals surface area (Å²) in [6.07, 6.45) is 1.72. The molecule has 0 heterocycles. The first-order chi connectivity index (χ1) is 7.92. The van der Waals surface area contributed by atoms with Gasteiger partial charge in [0.1, 0.15) is 5.75 Å². The summed E-state index contributed by atoms with van der Waals surface area (Å²) >= 11 is 5.74. The molecule has 1 aromatic carbocycles. The molecule has 0 aliphatic carbocycles. The van der Waals surface area contributed by atoms with Gasteiger partial charge in [-0.05, 0) is 25.0 Å². The lowest BCUT2D eigenvalue weighted by Gasteiger charge is -2.23. The highest BCUT2D eigenvalue weighted by atomic mass is 35.5. The Morgan fingerprint density at radius 2 is 2.06 bits per heavy atom. The zero-order valence-electron chi connectivity index (χ0n) is 10.6. The predicted molar refractivity (Wildman–Crippen MR) is 75.5 cm³/mol. The first-order valence-electron chi connectivity index (χ1n) is 5.77. The molecule has 0 saturated heterocycles. The van der Waals surface area contributed by atoms with E-state index >= 15 is 0 Å². The van der Waals surface area contributed by atoms with E-state index in [0.29, 0.717) is 11.4 Å². The Bertz CT molecular complexity index is 416. The summed E-state index contributed by atoms with van der Waals surface area (Å²) < 4.78 is 0. The molecule has 0 spiro atoms. The molecule has 0 aliphatic heterocycles. The molecule has 0 unspecified atom stereocenters. The minimum Gasteiger partial charge on any atom is -0.507 e. The quantitative estimate of drug-likeness (QED) is 0.507. The fourth-order valence-corrected chi connectivity index (χ4v) is 4.80. The van der Waals surface area contributed by atoms with Crippen molar-refractivity contribution in [1.82, 2.24) is 0 Å². The third-order valence-electron chi connectivity index (χ3n) is 3.17. The second kappa shape index (κ2) is 5.69. The molecule has 2 nitrogen and oxygen atoms in total. The lowest BCUT2D eigenvalue weighted by molar-refractivity contribution is 0.112. The largest absolute Gasteiger partial charge is 0.507 e. The minimum atomic E-state index is -1.56. The highest BCUT2D eigenvalue weighted by Crippen LogP contribution is 2.22. The molecule has 0 fully saturated rings. The number of carbonyl (C=O) groups is 1. The summed E-state index contributed by atoms with van der Waals surface area (Å²) in [4.78, 5) is 10.9. The van der Waals surface area contributed by atoms with Gasteiger partial charge in [-0.15, -0.1) is 11.6 Å². The Kier molecular flexibility index (Phi) is 4.77. The van der Waals surface area contributed by atoms with Crippen molar-refractivity contribution >= 4 is 31.1 Å². The van der Waals surface area contributed by atoms with Gasteiger partial charge >= 0.3 is 0 Å². The van der Waals surface area contributed by atoms with Crippen molar-refractivity contribution in [2.24, 2.45) is 0 Å². The van der Waals surface area contributed by atoms with E-state index in [4.69, 9.17) is 11.6 Å². The minimum absolute atomic E-state index is 0.103. The van der Waals surface area contributed by atoms with Crippen LogP contribution < -0.4 is 5.19 Å². The summed E-state index contributed by atoms with van der Waals surface area (Å²) in [5.74, 6) is 0.777. The average Bonchev–Trinajstić information content (AvgIpc) is 2.29. The molecule has 94 valence electrons. The second-order valence-corrected chi connectivity index (χ2v) is 10.2.